The predicted octanol–water partition coefficient (Wildman–Crippen LogP) is 6.81. The summed E-state index contributed by atoms with van der Waals surface area (Å²) in [6.45, 7) is 11.4. The first-order valence-electron chi connectivity index (χ1n) is 10.4. The van der Waals surface area contributed by atoms with Crippen molar-refractivity contribution in [1.82, 2.24) is 9.55 Å². The second-order valence-electron chi connectivity index (χ2n) is 7.16. The molecule has 0 N–H and O–H groups in total. The van der Waals surface area contributed by atoms with E-state index in [1.807, 2.05) is 57.2 Å². The van der Waals surface area contributed by atoms with Crippen molar-refractivity contribution in [3.8, 4) is 11.4 Å². The quantitative estimate of drug-likeness (QED) is 0.322. The highest BCUT2D eigenvalue weighted by Crippen LogP contribution is 2.32. The van der Waals surface area contributed by atoms with Gasteiger partial charge in [-0.1, -0.05) is 60.8 Å². The standard InChI is InChI=1S/C26H28FN3O2/c1-6-9-12-18(4)23-19(5)28-25(21-14-11-15-22(27)24(21)29-32)30(26(23)31)17-16-20(8-3)13-10-7-2/h6-15H,2,16-17H2,1,3-5H3/b9-6-,13-10-,18-12+,20-8+. The Kier molecular flexibility index (Phi) is 8.95. The maximum absolute atomic E-state index is 14.3. The molecule has 6 heteroatoms. The van der Waals surface area contributed by atoms with E-state index in [1.165, 1.54) is 10.6 Å². The van der Waals surface area contributed by atoms with E-state index in [0.29, 0.717) is 24.2 Å². The summed E-state index contributed by atoms with van der Waals surface area (Å²) < 4.78 is 15.8. The number of benzene rings is 1. The van der Waals surface area contributed by atoms with Crippen LogP contribution in [0.1, 0.15) is 38.4 Å². The molecule has 2 rings (SSSR count). The van der Waals surface area contributed by atoms with Crippen LogP contribution in [0.4, 0.5) is 10.1 Å². The minimum absolute atomic E-state index is 0.186. The van der Waals surface area contributed by atoms with Gasteiger partial charge in [0, 0.05) is 12.1 Å². The Bertz CT molecular complexity index is 1180. The summed E-state index contributed by atoms with van der Waals surface area (Å²) in [5.74, 6) is -0.542. The van der Waals surface area contributed by atoms with Gasteiger partial charge in [-0.15, -0.1) is 4.91 Å². The van der Waals surface area contributed by atoms with E-state index in [-0.39, 0.29) is 22.6 Å². The van der Waals surface area contributed by atoms with Crippen molar-refractivity contribution in [2.45, 2.75) is 40.7 Å². The average molecular weight is 434 g/mol. The lowest BCUT2D eigenvalue weighted by molar-refractivity contribution is 0.628. The Morgan fingerprint density at radius 2 is 2.03 bits per heavy atom. The molecule has 1 heterocycles. The van der Waals surface area contributed by atoms with E-state index in [4.69, 9.17) is 0 Å². The van der Waals surface area contributed by atoms with Crippen LogP contribution >= 0.6 is 0 Å². The first kappa shape index (κ1) is 24.6. The molecule has 0 saturated carbocycles. The third-order valence-electron chi connectivity index (χ3n) is 5.04. The molecule has 0 atom stereocenters. The van der Waals surface area contributed by atoms with E-state index >= 15 is 0 Å². The lowest BCUT2D eigenvalue weighted by Gasteiger charge is -2.17. The Morgan fingerprint density at radius 3 is 2.66 bits per heavy atom. The SMILES string of the molecule is C=C/C=C\C(=C/C)CCn1c(-c2cccc(F)c2N=O)nc(C)c(/C(C)=C/C=C\C)c1=O. The molecule has 0 spiro atoms. The zero-order valence-corrected chi connectivity index (χ0v) is 18.9. The molecule has 166 valence electrons. The summed E-state index contributed by atoms with van der Waals surface area (Å²) in [4.78, 5) is 29.6. The predicted molar refractivity (Wildman–Crippen MR) is 130 cm³/mol. The van der Waals surface area contributed by atoms with Gasteiger partial charge in [-0.2, -0.15) is 0 Å². The fourth-order valence-electron chi connectivity index (χ4n) is 3.40. The number of allylic oxidation sites excluding steroid dienone is 9. The van der Waals surface area contributed by atoms with Gasteiger partial charge in [-0.05, 0) is 57.0 Å². The normalized spacial score (nSPS) is 12.7. The number of aryl methyl sites for hydroxylation is 1. The van der Waals surface area contributed by atoms with Gasteiger partial charge >= 0.3 is 0 Å². The van der Waals surface area contributed by atoms with Gasteiger partial charge in [0.25, 0.3) is 5.56 Å². The van der Waals surface area contributed by atoms with E-state index < -0.39 is 5.82 Å². The molecular weight excluding hydrogens is 405 g/mol. The maximum atomic E-state index is 14.3. The van der Waals surface area contributed by atoms with Crippen LogP contribution in [0.2, 0.25) is 0 Å². The minimum Gasteiger partial charge on any atom is -0.292 e. The molecule has 0 aliphatic carbocycles. The van der Waals surface area contributed by atoms with Crippen LogP contribution in [-0.4, -0.2) is 9.55 Å². The number of nitrogens with zero attached hydrogens (tertiary/aromatic N) is 3. The van der Waals surface area contributed by atoms with Gasteiger partial charge in [-0.25, -0.2) is 9.37 Å². The van der Waals surface area contributed by atoms with Crippen molar-refractivity contribution in [2.24, 2.45) is 5.18 Å². The molecule has 2 aromatic rings. The highest BCUT2D eigenvalue weighted by molar-refractivity contribution is 5.73. The number of aromatic nitrogens is 2. The third kappa shape index (κ3) is 5.52. The van der Waals surface area contributed by atoms with Gasteiger partial charge < -0.3 is 0 Å². The average Bonchev–Trinajstić information content (AvgIpc) is 2.78. The highest BCUT2D eigenvalue weighted by atomic mass is 19.1. The van der Waals surface area contributed by atoms with E-state index in [1.54, 1.807) is 19.1 Å². The zero-order chi connectivity index (χ0) is 23.7. The Labute approximate surface area is 188 Å². The Hall–Kier alpha value is -3.67. The van der Waals surface area contributed by atoms with Crippen LogP contribution in [0.25, 0.3) is 17.0 Å². The molecule has 32 heavy (non-hydrogen) atoms. The Balaban J connectivity index is 2.77. The zero-order valence-electron chi connectivity index (χ0n) is 18.9. The van der Waals surface area contributed by atoms with Gasteiger partial charge in [0.1, 0.15) is 5.82 Å². The second-order valence-corrected chi connectivity index (χ2v) is 7.16. The van der Waals surface area contributed by atoms with E-state index in [0.717, 1.165) is 17.2 Å². The van der Waals surface area contributed by atoms with Crippen molar-refractivity contribution in [2.75, 3.05) is 0 Å². The second kappa shape index (κ2) is 11.6. The summed E-state index contributed by atoms with van der Waals surface area (Å²) in [5.41, 5.74) is 2.31. The van der Waals surface area contributed by atoms with Gasteiger partial charge in [-0.3, -0.25) is 9.36 Å². The van der Waals surface area contributed by atoms with Crippen molar-refractivity contribution < 1.29 is 4.39 Å². The fraction of sp³-hybridized carbons (Fsp3) is 0.231. The monoisotopic (exact) mass is 433 g/mol. The number of hydrogen-bond donors (Lipinski definition) is 0. The van der Waals surface area contributed by atoms with Crippen molar-refractivity contribution in [3.63, 3.8) is 0 Å². The summed E-state index contributed by atoms with van der Waals surface area (Å²) >= 11 is 0. The molecular formula is C26H28FN3O2. The fourth-order valence-corrected chi connectivity index (χ4v) is 3.40. The molecule has 1 aromatic heterocycles. The minimum atomic E-state index is -0.757. The lowest BCUT2D eigenvalue weighted by atomic mass is 10.0. The number of nitroso groups, excluding NO2 is 1. The number of hydrogen-bond acceptors (Lipinski definition) is 4. The topological polar surface area (TPSA) is 64.3 Å². The van der Waals surface area contributed by atoms with Gasteiger partial charge in [0.05, 0.1) is 11.3 Å². The summed E-state index contributed by atoms with van der Waals surface area (Å²) in [7, 11) is 0. The summed E-state index contributed by atoms with van der Waals surface area (Å²) in [5, 5.41) is 2.86. The maximum Gasteiger partial charge on any atom is 0.261 e. The van der Waals surface area contributed by atoms with Gasteiger partial charge in [0.15, 0.2) is 11.5 Å². The largest absolute Gasteiger partial charge is 0.292 e. The molecule has 0 fully saturated rings. The Morgan fingerprint density at radius 1 is 1.28 bits per heavy atom. The van der Waals surface area contributed by atoms with Crippen molar-refractivity contribution in [3.05, 3.63) is 105 Å². The molecule has 0 unspecified atom stereocenters. The van der Waals surface area contributed by atoms with Crippen LogP contribution in [0, 0.1) is 17.6 Å². The van der Waals surface area contributed by atoms with E-state index in [9.17, 15) is 14.1 Å². The highest BCUT2D eigenvalue weighted by Gasteiger charge is 2.20. The molecule has 5 nitrogen and oxygen atoms in total. The summed E-state index contributed by atoms with van der Waals surface area (Å²) in [6, 6.07) is 4.18. The number of halogens is 1. The van der Waals surface area contributed by atoms with Crippen molar-refractivity contribution >= 4 is 11.3 Å². The molecule has 1 aromatic carbocycles. The molecule has 0 aliphatic heterocycles. The molecule has 0 amide bonds. The summed E-state index contributed by atoms with van der Waals surface area (Å²) in [6.07, 6.45) is 13.5. The van der Waals surface area contributed by atoms with Crippen LogP contribution in [0.5, 0.6) is 0 Å². The molecule has 0 bridgehead atoms. The van der Waals surface area contributed by atoms with E-state index in [2.05, 4.69) is 16.7 Å². The molecule has 0 saturated heterocycles. The van der Waals surface area contributed by atoms with Crippen LogP contribution in [0.3, 0.4) is 0 Å². The number of rotatable bonds is 9. The third-order valence-corrected chi connectivity index (χ3v) is 5.04. The van der Waals surface area contributed by atoms with Crippen LogP contribution < -0.4 is 5.56 Å². The van der Waals surface area contributed by atoms with Crippen LogP contribution in [-0.2, 0) is 6.54 Å². The van der Waals surface area contributed by atoms with Gasteiger partial charge in [0.2, 0.25) is 0 Å². The smallest absolute Gasteiger partial charge is 0.261 e. The van der Waals surface area contributed by atoms with Crippen LogP contribution in [0.15, 0.2) is 82.9 Å². The first-order chi connectivity index (χ1) is 15.4. The first-order valence-corrected chi connectivity index (χ1v) is 10.4. The molecule has 0 aliphatic rings. The van der Waals surface area contributed by atoms with Crippen molar-refractivity contribution in [1.29, 1.82) is 0 Å². The molecule has 0 radical (unpaired) electrons. The lowest BCUT2D eigenvalue weighted by Crippen LogP contribution is -2.28.